The van der Waals surface area contributed by atoms with Crippen molar-refractivity contribution in [1.82, 2.24) is 5.32 Å². The third kappa shape index (κ3) is 5.19. The molecule has 1 fully saturated rings. The van der Waals surface area contributed by atoms with Crippen LogP contribution in [0.4, 0.5) is 4.39 Å². The highest BCUT2D eigenvalue weighted by Gasteiger charge is 2.14. The van der Waals surface area contributed by atoms with E-state index >= 15 is 0 Å². The molecule has 0 aromatic heterocycles. The first-order chi connectivity index (χ1) is 11.9. The SMILES string of the molecule is CS(=O)(=O)c1ccc(-c2ccc(OCC3CCNCC3)cc2)c(F)c1.Cl. The number of rotatable bonds is 5. The summed E-state index contributed by atoms with van der Waals surface area (Å²) in [5, 5.41) is 3.33. The van der Waals surface area contributed by atoms with E-state index in [1.807, 2.05) is 12.1 Å². The number of benzene rings is 2. The van der Waals surface area contributed by atoms with Gasteiger partial charge in [0, 0.05) is 11.8 Å². The minimum Gasteiger partial charge on any atom is -0.493 e. The van der Waals surface area contributed by atoms with E-state index in [2.05, 4.69) is 5.32 Å². The maximum atomic E-state index is 14.3. The van der Waals surface area contributed by atoms with Gasteiger partial charge < -0.3 is 10.1 Å². The van der Waals surface area contributed by atoms with Crippen LogP contribution < -0.4 is 10.1 Å². The molecule has 7 heteroatoms. The third-order valence-corrected chi connectivity index (χ3v) is 5.59. The Hall–Kier alpha value is -1.63. The molecular formula is C19H23ClFNO3S. The van der Waals surface area contributed by atoms with Crippen LogP contribution in [-0.2, 0) is 9.84 Å². The zero-order valence-electron chi connectivity index (χ0n) is 14.6. The topological polar surface area (TPSA) is 55.4 Å². The smallest absolute Gasteiger partial charge is 0.175 e. The lowest BCUT2D eigenvalue weighted by Crippen LogP contribution is -2.30. The maximum absolute atomic E-state index is 14.3. The quantitative estimate of drug-likeness (QED) is 0.832. The summed E-state index contributed by atoms with van der Waals surface area (Å²) in [6.45, 7) is 2.77. The van der Waals surface area contributed by atoms with E-state index in [0.29, 0.717) is 23.7 Å². The molecule has 0 saturated carbocycles. The highest BCUT2D eigenvalue weighted by atomic mass is 35.5. The summed E-state index contributed by atoms with van der Waals surface area (Å²) in [6.07, 6.45) is 3.31. The van der Waals surface area contributed by atoms with Crippen molar-refractivity contribution in [2.75, 3.05) is 26.0 Å². The van der Waals surface area contributed by atoms with Crippen molar-refractivity contribution >= 4 is 22.2 Å². The Balaban J connectivity index is 0.00000243. The van der Waals surface area contributed by atoms with Crippen LogP contribution in [0.2, 0.25) is 0 Å². The fraction of sp³-hybridized carbons (Fsp3) is 0.368. The van der Waals surface area contributed by atoms with Gasteiger partial charge in [0.1, 0.15) is 11.6 Å². The van der Waals surface area contributed by atoms with Crippen LogP contribution in [0.1, 0.15) is 12.8 Å². The second-order valence-electron chi connectivity index (χ2n) is 6.44. The lowest BCUT2D eigenvalue weighted by atomic mass is 9.99. The number of halogens is 2. The highest BCUT2D eigenvalue weighted by Crippen LogP contribution is 2.27. The molecule has 26 heavy (non-hydrogen) atoms. The fourth-order valence-corrected chi connectivity index (χ4v) is 3.59. The van der Waals surface area contributed by atoms with Crippen LogP contribution in [-0.4, -0.2) is 34.4 Å². The summed E-state index contributed by atoms with van der Waals surface area (Å²) in [7, 11) is -3.41. The van der Waals surface area contributed by atoms with Crippen molar-refractivity contribution in [3.63, 3.8) is 0 Å². The van der Waals surface area contributed by atoms with E-state index in [1.165, 1.54) is 12.1 Å². The molecule has 1 aliphatic rings. The van der Waals surface area contributed by atoms with Gasteiger partial charge in [-0.1, -0.05) is 18.2 Å². The average molecular weight is 400 g/mol. The summed E-state index contributed by atoms with van der Waals surface area (Å²) in [5.41, 5.74) is 1.06. The van der Waals surface area contributed by atoms with Crippen molar-refractivity contribution in [2.24, 2.45) is 5.92 Å². The second-order valence-corrected chi connectivity index (χ2v) is 8.46. The Morgan fingerprint density at radius 3 is 2.35 bits per heavy atom. The Morgan fingerprint density at radius 1 is 1.12 bits per heavy atom. The molecule has 0 amide bonds. The number of hydrogen-bond acceptors (Lipinski definition) is 4. The lowest BCUT2D eigenvalue weighted by Gasteiger charge is -2.22. The van der Waals surface area contributed by atoms with Gasteiger partial charge in [0.2, 0.25) is 0 Å². The van der Waals surface area contributed by atoms with Crippen LogP contribution in [0.3, 0.4) is 0 Å². The second kappa shape index (κ2) is 8.84. The number of nitrogens with one attached hydrogen (secondary N) is 1. The molecule has 1 N–H and O–H groups in total. The molecular weight excluding hydrogens is 377 g/mol. The first-order valence-corrected chi connectivity index (χ1v) is 10.3. The molecule has 0 aliphatic carbocycles. The Morgan fingerprint density at radius 2 is 1.77 bits per heavy atom. The molecule has 1 saturated heterocycles. The maximum Gasteiger partial charge on any atom is 0.175 e. The van der Waals surface area contributed by atoms with Crippen LogP contribution >= 0.6 is 12.4 Å². The molecule has 0 spiro atoms. The predicted octanol–water partition coefficient (Wildman–Crippen LogP) is 3.70. The van der Waals surface area contributed by atoms with Crippen molar-refractivity contribution in [3.8, 4) is 16.9 Å². The molecule has 2 aromatic carbocycles. The zero-order valence-corrected chi connectivity index (χ0v) is 16.2. The van der Waals surface area contributed by atoms with Crippen molar-refractivity contribution < 1.29 is 17.5 Å². The largest absolute Gasteiger partial charge is 0.493 e. The predicted molar refractivity (Wildman–Crippen MR) is 103 cm³/mol. The minimum atomic E-state index is -3.41. The Bertz CT molecular complexity index is 834. The molecule has 2 aromatic rings. The van der Waals surface area contributed by atoms with Crippen LogP contribution in [0.15, 0.2) is 47.4 Å². The first kappa shape index (κ1) is 20.7. The molecule has 0 atom stereocenters. The van der Waals surface area contributed by atoms with E-state index in [9.17, 15) is 12.8 Å². The zero-order chi connectivity index (χ0) is 17.9. The lowest BCUT2D eigenvalue weighted by molar-refractivity contribution is 0.215. The number of ether oxygens (including phenoxy) is 1. The third-order valence-electron chi connectivity index (χ3n) is 4.48. The molecule has 0 radical (unpaired) electrons. The van der Waals surface area contributed by atoms with Gasteiger partial charge in [-0.25, -0.2) is 12.8 Å². The molecule has 0 bridgehead atoms. The standard InChI is InChI=1S/C19H22FNO3S.ClH/c1-25(22,23)17-6-7-18(19(20)12-17)15-2-4-16(5-3-15)24-13-14-8-10-21-11-9-14;/h2-7,12,14,21H,8-11,13H2,1H3;1H. The van der Waals surface area contributed by atoms with Gasteiger partial charge in [-0.15, -0.1) is 12.4 Å². The Kier molecular flexibility index (Phi) is 7.03. The minimum absolute atomic E-state index is 0. The van der Waals surface area contributed by atoms with Crippen molar-refractivity contribution in [3.05, 3.63) is 48.3 Å². The Labute approximate surface area is 160 Å². The van der Waals surface area contributed by atoms with Gasteiger partial charge in [-0.2, -0.15) is 0 Å². The monoisotopic (exact) mass is 399 g/mol. The van der Waals surface area contributed by atoms with E-state index in [4.69, 9.17) is 4.74 Å². The summed E-state index contributed by atoms with van der Waals surface area (Å²) in [4.78, 5) is -0.0179. The summed E-state index contributed by atoms with van der Waals surface area (Å²) < 4.78 is 43.1. The summed E-state index contributed by atoms with van der Waals surface area (Å²) in [6, 6.07) is 11.2. The molecule has 1 heterocycles. The van der Waals surface area contributed by atoms with Crippen molar-refractivity contribution in [1.29, 1.82) is 0 Å². The molecule has 142 valence electrons. The highest BCUT2D eigenvalue weighted by molar-refractivity contribution is 7.90. The van der Waals surface area contributed by atoms with Crippen LogP contribution in [0, 0.1) is 11.7 Å². The van der Waals surface area contributed by atoms with Gasteiger partial charge in [0.25, 0.3) is 0 Å². The van der Waals surface area contributed by atoms with Gasteiger partial charge in [0.15, 0.2) is 9.84 Å². The van der Waals surface area contributed by atoms with Gasteiger partial charge in [-0.3, -0.25) is 0 Å². The number of hydrogen-bond donors (Lipinski definition) is 1. The number of sulfone groups is 1. The van der Waals surface area contributed by atoms with Crippen LogP contribution in [0.25, 0.3) is 11.1 Å². The van der Waals surface area contributed by atoms with E-state index < -0.39 is 15.7 Å². The summed E-state index contributed by atoms with van der Waals surface area (Å²) >= 11 is 0. The fourth-order valence-electron chi connectivity index (χ4n) is 2.95. The molecule has 4 nitrogen and oxygen atoms in total. The normalized spacial score (nSPS) is 15.3. The molecule has 1 aliphatic heterocycles. The summed E-state index contributed by atoms with van der Waals surface area (Å²) in [5.74, 6) is 0.781. The molecule has 3 rings (SSSR count). The molecule has 0 unspecified atom stereocenters. The van der Waals surface area contributed by atoms with Gasteiger partial charge >= 0.3 is 0 Å². The van der Waals surface area contributed by atoms with E-state index in [0.717, 1.165) is 44.0 Å². The van der Waals surface area contributed by atoms with Crippen molar-refractivity contribution in [2.45, 2.75) is 17.7 Å². The van der Waals surface area contributed by atoms with Gasteiger partial charge in [0.05, 0.1) is 11.5 Å². The van der Waals surface area contributed by atoms with Gasteiger partial charge in [-0.05, 0) is 61.7 Å². The van der Waals surface area contributed by atoms with E-state index in [-0.39, 0.29) is 17.3 Å². The first-order valence-electron chi connectivity index (χ1n) is 8.37. The van der Waals surface area contributed by atoms with E-state index in [1.54, 1.807) is 12.1 Å². The van der Waals surface area contributed by atoms with Crippen LogP contribution in [0.5, 0.6) is 5.75 Å². The average Bonchev–Trinajstić information content (AvgIpc) is 2.60. The number of piperidine rings is 1.